The Bertz CT molecular complexity index is 391. The van der Waals surface area contributed by atoms with Crippen molar-refractivity contribution in [3.63, 3.8) is 0 Å². The number of rotatable bonds is 5. The SMILES string of the molecule is CCc1nc(C(=O)NC(C)CS(C)=O)n[nH]1. The third kappa shape index (κ3) is 3.73. The molecule has 0 aliphatic rings. The maximum Gasteiger partial charge on any atom is 0.291 e. The number of hydrogen-bond acceptors (Lipinski definition) is 4. The largest absolute Gasteiger partial charge is 0.346 e. The average molecular weight is 244 g/mol. The van der Waals surface area contributed by atoms with Crippen molar-refractivity contribution in [1.82, 2.24) is 20.5 Å². The van der Waals surface area contributed by atoms with E-state index in [1.54, 1.807) is 13.2 Å². The van der Waals surface area contributed by atoms with Crippen LogP contribution >= 0.6 is 0 Å². The minimum Gasteiger partial charge on any atom is -0.346 e. The van der Waals surface area contributed by atoms with E-state index in [2.05, 4.69) is 20.5 Å². The summed E-state index contributed by atoms with van der Waals surface area (Å²) in [5, 5.41) is 9.15. The summed E-state index contributed by atoms with van der Waals surface area (Å²) in [7, 11) is -0.928. The Kier molecular flexibility index (Phi) is 4.60. The third-order valence-corrected chi connectivity index (χ3v) is 2.90. The fraction of sp³-hybridized carbons (Fsp3) is 0.667. The molecule has 16 heavy (non-hydrogen) atoms. The zero-order valence-electron chi connectivity index (χ0n) is 9.61. The molecule has 1 rings (SSSR count). The van der Waals surface area contributed by atoms with Gasteiger partial charge in [-0.25, -0.2) is 4.98 Å². The Hall–Kier alpha value is -1.24. The third-order valence-electron chi connectivity index (χ3n) is 1.93. The van der Waals surface area contributed by atoms with Crippen molar-refractivity contribution in [1.29, 1.82) is 0 Å². The highest BCUT2D eigenvalue weighted by Crippen LogP contribution is 1.95. The van der Waals surface area contributed by atoms with Gasteiger partial charge in [0.25, 0.3) is 5.91 Å². The van der Waals surface area contributed by atoms with E-state index in [9.17, 15) is 9.00 Å². The van der Waals surface area contributed by atoms with E-state index in [1.165, 1.54) is 0 Å². The lowest BCUT2D eigenvalue weighted by molar-refractivity contribution is 0.0933. The predicted octanol–water partition coefficient (Wildman–Crippen LogP) is -0.136. The Balaban J connectivity index is 2.54. The first-order valence-corrected chi connectivity index (χ1v) is 6.77. The summed E-state index contributed by atoms with van der Waals surface area (Å²) in [6.45, 7) is 3.72. The maximum atomic E-state index is 11.6. The molecular formula is C9H16N4O2S. The monoisotopic (exact) mass is 244 g/mol. The highest BCUT2D eigenvalue weighted by molar-refractivity contribution is 7.84. The van der Waals surface area contributed by atoms with E-state index >= 15 is 0 Å². The summed E-state index contributed by atoms with van der Waals surface area (Å²) in [6.07, 6.45) is 2.31. The summed E-state index contributed by atoms with van der Waals surface area (Å²) >= 11 is 0. The second kappa shape index (κ2) is 5.74. The van der Waals surface area contributed by atoms with E-state index in [-0.39, 0.29) is 17.8 Å². The molecule has 0 aliphatic heterocycles. The highest BCUT2D eigenvalue weighted by Gasteiger charge is 2.14. The van der Waals surface area contributed by atoms with Crippen molar-refractivity contribution < 1.29 is 9.00 Å². The Labute approximate surface area is 96.7 Å². The highest BCUT2D eigenvalue weighted by atomic mass is 32.2. The normalized spacial score (nSPS) is 14.4. The first-order chi connectivity index (χ1) is 7.52. The average Bonchev–Trinajstić information content (AvgIpc) is 2.64. The number of carbonyl (C=O) groups excluding carboxylic acids is 1. The van der Waals surface area contributed by atoms with Crippen molar-refractivity contribution >= 4 is 16.7 Å². The Morgan fingerprint density at radius 2 is 2.31 bits per heavy atom. The van der Waals surface area contributed by atoms with Gasteiger partial charge in [-0.15, -0.1) is 5.10 Å². The van der Waals surface area contributed by atoms with Crippen molar-refractivity contribution in [2.75, 3.05) is 12.0 Å². The van der Waals surface area contributed by atoms with Crippen molar-refractivity contribution in [3.8, 4) is 0 Å². The van der Waals surface area contributed by atoms with Gasteiger partial charge in [0.15, 0.2) is 0 Å². The van der Waals surface area contributed by atoms with Crippen LogP contribution in [0.25, 0.3) is 0 Å². The van der Waals surface area contributed by atoms with Gasteiger partial charge in [0, 0.05) is 35.3 Å². The van der Waals surface area contributed by atoms with Crippen LogP contribution in [0.5, 0.6) is 0 Å². The van der Waals surface area contributed by atoms with Crippen LogP contribution in [0.2, 0.25) is 0 Å². The van der Waals surface area contributed by atoms with Gasteiger partial charge in [0.05, 0.1) is 0 Å². The van der Waals surface area contributed by atoms with E-state index in [4.69, 9.17) is 0 Å². The Morgan fingerprint density at radius 1 is 1.62 bits per heavy atom. The van der Waals surface area contributed by atoms with Crippen molar-refractivity contribution in [2.24, 2.45) is 0 Å². The van der Waals surface area contributed by atoms with Crippen LogP contribution in [0, 0.1) is 0 Å². The molecule has 0 bridgehead atoms. The van der Waals surface area contributed by atoms with Crippen molar-refractivity contribution in [3.05, 3.63) is 11.6 Å². The van der Waals surface area contributed by atoms with Crippen LogP contribution in [0.3, 0.4) is 0 Å². The smallest absolute Gasteiger partial charge is 0.291 e. The first kappa shape index (κ1) is 12.8. The van der Waals surface area contributed by atoms with Crippen LogP contribution in [-0.2, 0) is 17.2 Å². The molecule has 2 atom stereocenters. The maximum absolute atomic E-state index is 11.6. The number of nitrogens with one attached hydrogen (secondary N) is 2. The number of nitrogens with zero attached hydrogens (tertiary/aromatic N) is 2. The molecule has 0 fully saturated rings. The van der Waals surface area contributed by atoms with Crippen LogP contribution in [0.1, 0.15) is 30.3 Å². The number of aryl methyl sites for hydroxylation is 1. The fourth-order valence-electron chi connectivity index (χ4n) is 1.24. The number of aromatic nitrogens is 3. The van der Waals surface area contributed by atoms with E-state index in [1.807, 2.05) is 6.92 Å². The lowest BCUT2D eigenvalue weighted by atomic mass is 10.4. The zero-order chi connectivity index (χ0) is 12.1. The second-order valence-corrected chi connectivity index (χ2v) is 5.05. The van der Waals surface area contributed by atoms with E-state index in [0.29, 0.717) is 18.0 Å². The molecule has 6 nitrogen and oxygen atoms in total. The molecule has 1 amide bonds. The summed E-state index contributed by atoms with van der Waals surface area (Å²) in [6, 6.07) is -0.151. The standard InChI is InChI=1S/C9H16N4O2S/c1-4-7-11-8(13-12-7)9(14)10-6(2)5-16(3)15/h6H,4-5H2,1-3H3,(H,10,14)(H,11,12,13). The zero-order valence-corrected chi connectivity index (χ0v) is 10.4. The van der Waals surface area contributed by atoms with Gasteiger partial charge in [-0.05, 0) is 6.92 Å². The molecule has 1 aromatic heterocycles. The molecule has 0 radical (unpaired) electrons. The van der Waals surface area contributed by atoms with Crippen LogP contribution in [0.15, 0.2) is 0 Å². The van der Waals surface area contributed by atoms with Crippen LogP contribution < -0.4 is 5.32 Å². The second-order valence-electron chi connectivity index (χ2n) is 3.57. The molecule has 90 valence electrons. The first-order valence-electron chi connectivity index (χ1n) is 5.05. The van der Waals surface area contributed by atoms with Crippen LogP contribution in [0.4, 0.5) is 0 Å². The summed E-state index contributed by atoms with van der Waals surface area (Å²) in [5.74, 6) is 0.896. The number of carbonyl (C=O) groups is 1. The molecule has 0 aromatic carbocycles. The number of aromatic amines is 1. The Morgan fingerprint density at radius 3 is 2.81 bits per heavy atom. The quantitative estimate of drug-likeness (QED) is 0.755. The van der Waals surface area contributed by atoms with E-state index < -0.39 is 10.8 Å². The summed E-state index contributed by atoms with van der Waals surface area (Å²) in [4.78, 5) is 15.6. The van der Waals surface area contributed by atoms with Crippen LogP contribution in [-0.4, -0.2) is 43.3 Å². The molecule has 0 aliphatic carbocycles. The van der Waals surface area contributed by atoms with Gasteiger partial charge < -0.3 is 5.32 Å². The van der Waals surface area contributed by atoms with Gasteiger partial charge >= 0.3 is 0 Å². The van der Waals surface area contributed by atoms with Crippen molar-refractivity contribution in [2.45, 2.75) is 26.3 Å². The number of amides is 1. The topological polar surface area (TPSA) is 87.7 Å². The lowest BCUT2D eigenvalue weighted by Gasteiger charge is -2.10. The number of hydrogen-bond donors (Lipinski definition) is 2. The summed E-state index contributed by atoms with van der Waals surface area (Å²) < 4.78 is 10.9. The minimum absolute atomic E-state index is 0.130. The van der Waals surface area contributed by atoms with Gasteiger partial charge in [-0.3, -0.25) is 14.1 Å². The summed E-state index contributed by atoms with van der Waals surface area (Å²) in [5.41, 5.74) is 0. The lowest BCUT2D eigenvalue weighted by Crippen LogP contribution is -2.36. The predicted molar refractivity (Wildman–Crippen MR) is 61.6 cm³/mol. The van der Waals surface area contributed by atoms with Gasteiger partial charge in [-0.1, -0.05) is 6.92 Å². The molecule has 0 saturated carbocycles. The van der Waals surface area contributed by atoms with E-state index in [0.717, 1.165) is 0 Å². The van der Waals surface area contributed by atoms with Gasteiger partial charge in [-0.2, -0.15) is 0 Å². The minimum atomic E-state index is -0.928. The molecule has 1 heterocycles. The molecular weight excluding hydrogens is 228 g/mol. The molecule has 7 heteroatoms. The molecule has 0 saturated heterocycles. The van der Waals surface area contributed by atoms with Gasteiger partial charge in [0.1, 0.15) is 5.82 Å². The van der Waals surface area contributed by atoms with Gasteiger partial charge in [0.2, 0.25) is 5.82 Å². The molecule has 0 spiro atoms. The fourth-order valence-corrected chi connectivity index (χ4v) is 2.02. The number of H-pyrrole nitrogens is 1. The molecule has 2 N–H and O–H groups in total. The molecule has 1 aromatic rings. The molecule has 2 unspecified atom stereocenters.